The summed E-state index contributed by atoms with van der Waals surface area (Å²) in [5.74, 6) is -0.516. The second kappa shape index (κ2) is 10.3. The summed E-state index contributed by atoms with van der Waals surface area (Å²) in [7, 11) is 0. The third kappa shape index (κ3) is 4.31. The van der Waals surface area contributed by atoms with E-state index in [1.807, 2.05) is 6.07 Å². The van der Waals surface area contributed by atoms with Gasteiger partial charge in [0.15, 0.2) is 5.82 Å². The fourth-order valence-electron chi connectivity index (χ4n) is 7.71. The molecule has 0 spiro atoms. The van der Waals surface area contributed by atoms with Gasteiger partial charge in [-0.2, -0.15) is 15.2 Å². The van der Waals surface area contributed by atoms with E-state index in [4.69, 9.17) is 31.8 Å². The van der Waals surface area contributed by atoms with Crippen molar-refractivity contribution in [3.05, 3.63) is 40.4 Å². The molecule has 0 radical (unpaired) electrons. The van der Waals surface area contributed by atoms with E-state index >= 15 is 4.39 Å². The Kier molecular flexibility index (Phi) is 6.61. The molecule has 2 unspecified atom stereocenters. The van der Waals surface area contributed by atoms with Gasteiger partial charge in [-0.25, -0.2) is 13.2 Å². The van der Waals surface area contributed by atoms with Crippen LogP contribution >= 0.6 is 22.9 Å². The Morgan fingerprint density at radius 1 is 1.25 bits per heavy atom. The fourth-order valence-corrected chi connectivity index (χ4v) is 8.95. The van der Waals surface area contributed by atoms with E-state index in [0.717, 1.165) is 37.1 Å². The van der Waals surface area contributed by atoms with Gasteiger partial charge in [-0.15, -0.1) is 11.3 Å². The molecule has 2 aromatic carbocycles. The topological polar surface area (TPSA) is 101 Å². The number of alkyl halides is 1. The molecule has 4 atom stereocenters. The summed E-state index contributed by atoms with van der Waals surface area (Å²) in [6, 6.07) is 6.25. The molecule has 2 aromatic heterocycles. The third-order valence-electron chi connectivity index (χ3n) is 9.64. The zero-order valence-electron chi connectivity index (χ0n) is 23.6. The van der Waals surface area contributed by atoms with E-state index in [0.29, 0.717) is 49.8 Å². The number of nitrogen functional groups attached to an aromatic ring is 1. The van der Waals surface area contributed by atoms with Gasteiger partial charge in [-0.3, -0.25) is 4.90 Å². The van der Waals surface area contributed by atoms with E-state index in [-0.39, 0.29) is 61.0 Å². The van der Waals surface area contributed by atoms with Crippen molar-refractivity contribution < 1.29 is 22.6 Å². The summed E-state index contributed by atoms with van der Waals surface area (Å²) in [5, 5.41) is 10.6. The Balaban J connectivity index is 1.29. The molecule has 4 aliphatic heterocycles. The number of aromatic nitrogens is 2. The van der Waals surface area contributed by atoms with Crippen molar-refractivity contribution in [1.82, 2.24) is 14.9 Å². The maximum Gasteiger partial charge on any atom is 0.319 e. The third-order valence-corrected chi connectivity index (χ3v) is 11.0. The SMILES string of the molecule is N#Cc1c(N)sc2c(F)ccc(-c3c(Cl)cc4c(N5CC6COC(C6)C5)nc(OC[C@@]56CCCN5C[C@H](F)C6)nc4c3F)c12. The van der Waals surface area contributed by atoms with Gasteiger partial charge in [-0.05, 0) is 43.5 Å². The molecule has 228 valence electrons. The second-order valence-corrected chi connectivity index (χ2v) is 13.8. The maximum atomic E-state index is 16.8. The Morgan fingerprint density at radius 3 is 2.93 bits per heavy atom. The van der Waals surface area contributed by atoms with Crippen LogP contribution in [0, 0.1) is 28.9 Å². The minimum Gasteiger partial charge on any atom is -0.461 e. The largest absolute Gasteiger partial charge is 0.461 e. The molecule has 4 aromatic rings. The number of anilines is 2. The van der Waals surface area contributed by atoms with Crippen LogP contribution in [0.1, 0.15) is 31.2 Å². The van der Waals surface area contributed by atoms with Gasteiger partial charge < -0.3 is 20.1 Å². The van der Waals surface area contributed by atoms with Crippen molar-refractivity contribution in [2.75, 3.05) is 50.0 Å². The lowest BCUT2D eigenvalue weighted by molar-refractivity contribution is 0.107. The number of ether oxygens (including phenoxy) is 2. The minimum absolute atomic E-state index is 0.0104. The second-order valence-electron chi connectivity index (χ2n) is 12.4. The number of thiophene rings is 1. The average Bonchev–Trinajstić information content (AvgIpc) is 3.73. The molecule has 4 saturated heterocycles. The molecule has 4 fully saturated rings. The number of halogens is 4. The molecule has 0 saturated carbocycles. The van der Waals surface area contributed by atoms with E-state index < -0.39 is 23.3 Å². The smallest absolute Gasteiger partial charge is 0.319 e. The first kappa shape index (κ1) is 28.1. The Labute approximate surface area is 260 Å². The lowest BCUT2D eigenvalue weighted by Crippen LogP contribution is -2.43. The van der Waals surface area contributed by atoms with Crippen LogP contribution in [-0.2, 0) is 4.74 Å². The van der Waals surface area contributed by atoms with Crippen molar-refractivity contribution in [2.45, 2.75) is 43.5 Å². The molecular formula is C31H28ClF3N6O2S. The van der Waals surface area contributed by atoms with Crippen molar-refractivity contribution in [3.8, 4) is 23.2 Å². The van der Waals surface area contributed by atoms with Crippen molar-refractivity contribution in [2.24, 2.45) is 5.92 Å². The number of hydrogen-bond donors (Lipinski definition) is 1. The molecule has 13 heteroatoms. The van der Waals surface area contributed by atoms with Gasteiger partial charge in [0, 0.05) is 48.3 Å². The molecule has 6 heterocycles. The van der Waals surface area contributed by atoms with Gasteiger partial charge in [-0.1, -0.05) is 17.7 Å². The summed E-state index contributed by atoms with van der Waals surface area (Å²) in [4.78, 5) is 13.5. The Hall–Kier alpha value is -3.37. The number of nitriles is 1. The quantitative estimate of drug-likeness (QED) is 0.280. The summed E-state index contributed by atoms with van der Waals surface area (Å²) >= 11 is 7.74. The summed E-state index contributed by atoms with van der Waals surface area (Å²) < 4.78 is 58.4. The van der Waals surface area contributed by atoms with Crippen LogP contribution in [0.5, 0.6) is 6.01 Å². The van der Waals surface area contributed by atoms with Gasteiger partial charge in [0.25, 0.3) is 0 Å². The number of fused-ring (bicyclic) bond motifs is 5. The van der Waals surface area contributed by atoms with Crippen LogP contribution in [-0.4, -0.2) is 72.1 Å². The average molecular weight is 641 g/mol. The summed E-state index contributed by atoms with van der Waals surface area (Å²) in [6.07, 6.45) is 2.21. The van der Waals surface area contributed by atoms with Crippen LogP contribution < -0.4 is 15.4 Å². The molecule has 44 heavy (non-hydrogen) atoms. The van der Waals surface area contributed by atoms with E-state index in [1.165, 1.54) is 12.1 Å². The minimum atomic E-state index is -0.921. The Morgan fingerprint density at radius 2 is 2.11 bits per heavy atom. The fraction of sp³-hybridized carbons (Fsp3) is 0.452. The molecule has 2 bridgehead atoms. The lowest BCUT2D eigenvalue weighted by Gasteiger charge is -2.33. The molecule has 4 aliphatic rings. The van der Waals surface area contributed by atoms with Crippen LogP contribution in [0.2, 0.25) is 5.02 Å². The van der Waals surface area contributed by atoms with Crippen LogP contribution in [0.3, 0.4) is 0 Å². The van der Waals surface area contributed by atoms with Gasteiger partial charge in [0.1, 0.15) is 41.0 Å². The zero-order chi connectivity index (χ0) is 30.3. The van der Waals surface area contributed by atoms with E-state index in [2.05, 4.69) is 14.8 Å². The van der Waals surface area contributed by atoms with Crippen molar-refractivity contribution in [1.29, 1.82) is 5.26 Å². The van der Waals surface area contributed by atoms with E-state index in [1.54, 1.807) is 6.07 Å². The van der Waals surface area contributed by atoms with Crippen molar-refractivity contribution >= 4 is 54.7 Å². The van der Waals surface area contributed by atoms with Gasteiger partial charge >= 0.3 is 6.01 Å². The highest BCUT2D eigenvalue weighted by molar-refractivity contribution is 7.23. The number of rotatable bonds is 5. The normalized spacial score (nSPS) is 26.5. The summed E-state index contributed by atoms with van der Waals surface area (Å²) in [5.41, 5.74) is 5.88. The monoisotopic (exact) mass is 640 g/mol. The van der Waals surface area contributed by atoms with Crippen LogP contribution in [0.25, 0.3) is 32.1 Å². The summed E-state index contributed by atoms with van der Waals surface area (Å²) in [6.45, 7) is 3.27. The highest BCUT2D eigenvalue weighted by Crippen LogP contribution is 2.46. The maximum absolute atomic E-state index is 16.8. The first-order chi connectivity index (χ1) is 21.2. The predicted molar refractivity (Wildman–Crippen MR) is 163 cm³/mol. The van der Waals surface area contributed by atoms with Gasteiger partial charge in [0.2, 0.25) is 0 Å². The molecule has 0 aliphatic carbocycles. The number of piperidine rings is 1. The first-order valence-corrected chi connectivity index (χ1v) is 15.9. The van der Waals surface area contributed by atoms with E-state index in [9.17, 15) is 14.0 Å². The number of nitrogens with zero attached hydrogens (tertiary/aromatic N) is 5. The molecule has 2 N–H and O–H groups in total. The standard InChI is InChI=1S/C31H28ClF3N6O2S/c32-21-7-19-26(25(35)24(21)18-2-3-22(34)27-23(18)20(9-36)28(37)44-27)38-30(39-29(19)40-10-15-6-17(12-40)42-13-15)43-14-31-4-1-5-41(31)11-16(33)8-31/h2-3,7,15-17H,1,4-6,8,10-14,37H2/t15?,16-,17?,31+/m1/s1. The lowest BCUT2D eigenvalue weighted by atomic mass is 9.95. The molecular weight excluding hydrogens is 613 g/mol. The number of hydrogen-bond acceptors (Lipinski definition) is 9. The van der Waals surface area contributed by atoms with Crippen LogP contribution in [0.15, 0.2) is 18.2 Å². The van der Waals surface area contributed by atoms with Gasteiger partial charge in [0.05, 0.1) is 33.5 Å². The molecule has 8 nitrogen and oxygen atoms in total. The Bertz CT molecular complexity index is 1870. The number of benzene rings is 2. The zero-order valence-corrected chi connectivity index (χ0v) is 25.2. The highest BCUT2D eigenvalue weighted by atomic mass is 35.5. The molecule has 8 rings (SSSR count). The predicted octanol–water partition coefficient (Wildman–Crippen LogP) is 6.08. The van der Waals surface area contributed by atoms with Crippen molar-refractivity contribution in [3.63, 3.8) is 0 Å². The number of nitrogens with two attached hydrogens (primary N) is 1. The highest BCUT2D eigenvalue weighted by Gasteiger charge is 2.49. The van der Waals surface area contributed by atoms with Crippen LogP contribution in [0.4, 0.5) is 24.0 Å². The first-order valence-electron chi connectivity index (χ1n) is 14.7. The molecule has 0 amide bonds.